The third-order valence-corrected chi connectivity index (χ3v) is 5.35. The van der Waals surface area contributed by atoms with E-state index in [1.807, 2.05) is 19.1 Å². The van der Waals surface area contributed by atoms with E-state index in [2.05, 4.69) is 0 Å². The van der Waals surface area contributed by atoms with Gasteiger partial charge in [-0.05, 0) is 43.0 Å². The molecule has 1 unspecified atom stereocenters. The van der Waals surface area contributed by atoms with Crippen molar-refractivity contribution in [3.8, 4) is 5.75 Å². The first kappa shape index (κ1) is 18.3. The molecule has 1 aromatic rings. The van der Waals surface area contributed by atoms with Gasteiger partial charge in [0.1, 0.15) is 15.6 Å². The number of ether oxygens (including phenoxy) is 1. The van der Waals surface area contributed by atoms with Crippen LogP contribution in [-0.2, 0) is 16.3 Å². The quantitative estimate of drug-likeness (QED) is 0.705. The lowest BCUT2D eigenvalue weighted by molar-refractivity contribution is 0.313. The molecule has 0 saturated carbocycles. The van der Waals surface area contributed by atoms with E-state index in [0.29, 0.717) is 24.5 Å². The Morgan fingerprint density at radius 3 is 2.67 bits per heavy atom. The van der Waals surface area contributed by atoms with Gasteiger partial charge in [0.2, 0.25) is 0 Å². The van der Waals surface area contributed by atoms with Gasteiger partial charge in [0.15, 0.2) is 0 Å². The van der Waals surface area contributed by atoms with Crippen molar-refractivity contribution in [1.29, 1.82) is 0 Å². The van der Waals surface area contributed by atoms with Crippen LogP contribution in [0.1, 0.15) is 32.3 Å². The lowest BCUT2D eigenvalue weighted by Crippen LogP contribution is -2.22. The zero-order valence-corrected chi connectivity index (χ0v) is 14.2. The van der Waals surface area contributed by atoms with Crippen molar-refractivity contribution in [2.75, 3.05) is 18.1 Å². The second-order valence-corrected chi connectivity index (χ2v) is 7.97. The molecule has 2 N–H and O–H groups in total. The molecule has 0 fully saturated rings. The first-order valence-electron chi connectivity index (χ1n) is 7.25. The topological polar surface area (TPSA) is 69.4 Å². The Balaban J connectivity index is 2.62. The summed E-state index contributed by atoms with van der Waals surface area (Å²) < 4.78 is 28.5. The van der Waals surface area contributed by atoms with E-state index in [1.54, 1.807) is 13.0 Å². The van der Waals surface area contributed by atoms with Gasteiger partial charge in [0.25, 0.3) is 0 Å². The number of benzene rings is 1. The fourth-order valence-corrected chi connectivity index (χ4v) is 2.92. The van der Waals surface area contributed by atoms with Gasteiger partial charge >= 0.3 is 0 Å². The van der Waals surface area contributed by atoms with E-state index in [-0.39, 0.29) is 17.5 Å². The summed E-state index contributed by atoms with van der Waals surface area (Å²) >= 11 is 6.01. The second kappa shape index (κ2) is 8.61. The molecule has 1 rings (SSSR count). The summed E-state index contributed by atoms with van der Waals surface area (Å²) in [5, 5.41) is 0.647. The Hall–Kier alpha value is -0.780. The maximum Gasteiger partial charge on any atom is 0.150 e. The molecule has 0 saturated heterocycles. The van der Waals surface area contributed by atoms with Gasteiger partial charge in [-0.2, -0.15) is 0 Å². The number of nitrogens with two attached hydrogens (primary N) is 1. The van der Waals surface area contributed by atoms with Crippen molar-refractivity contribution < 1.29 is 13.2 Å². The summed E-state index contributed by atoms with van der Waals surface area (Å²) in [6, 6.07) is 5.50. The molecule has 0 amide bonds. The van der Waals surface area contributed by atoms with E-state index in [0.717, 1.165) is 17.7 Å². The lowest BCUT2D eigenvalue weighted by Gasteiger charge is -2.15. The fourth-order valence-electron chi connectivity index (χ4n) is 1.88. The zero-order valence-electron chi connectivity index (χ0n) is 12.6. The summed E-state index contributed by atoms with van der Waals surface area (Å²) in [7, 11) is -2.93. The molecule has 6 heteroatoms. The van der Waals surface area contributed by atoms with Crippen LogP contribution in [0.3, 0.4) is 0 Å². The zero-order chi connectivity index (χ0) is 15.9. The smallest absolute Gasteiger partial charge is 0.150 e. The molecule has 0 aliphatic heterocycles. The Labute approximate surface area is 132 Å². The summed E-state index contributed by atoms with van der Waals surface area (Å²) in [5.74, 6) is 1.06. The van der Waals surface area contributed by atoms with Gasteiger partial charge in [-0.25, -0.2) is 8.42 Å². The van der Waals surface area contributed by atoms with Crippen LogP contribution in [0.2, 0.25) is 5.02 Å². The maximum absolute atomic E-state index is 11.4. The predicted molar refractivity (Wildman–Crippen MR) is 87.9 cm³/mol. The van der Waals surface area contributed by atoms with Crippen LogP contribution in [0, 0.1) is 0 Å². The highest BCUT2D eigenvalue weighted by Crippen LogP contribution is 2.24. The van der Waals surface area contributed by atoms with Gasteiger partial charge in [0.05, 0.1) is 12.4 Å². The summed E-state index contributed by atoms with van der Waals surface area (Å²) in [5.41, 5.74) is 6.94. The molecule has 0 aliphatic rings. The minimum absolute atomic E-state index is 0.0614. The monoisotopic (exact) mass is 333 g/mol. The molecule has 120 valence electrons. The van der Waals surface area contributed by atoms with Gasteiger partial charge in [-0.1, -0.05) is 25.4 Å². The van der Waals surface area contributed by atoms with Crippen molar-refractivity contribution >= 4 is 21.4 Å². The standard InChI is InChI=1S/C15H24ClNO3S/c1-3-14(17)11-12-10-13(16)6-7-15(12)20-8-5-9-21(18,19)4-2/h6-7,10,14H,3-5,8-9,11,17H2,1-2H3. The van der Waals surface area contributed by atoms with Crippen LogP contribution in [0.5, 0.6) is 5.75 Å². The average Bonchev–Trinajstić information content (AvgIpc) is 2.45. The van der Waals surface area contributed by atoms with Crippen molar-refractivity contribution in [2.24, 2.45) is 5.73 Å². The Morgan fingerprint density at radius 2 is 2.05 bits per heavy atom. The number of halogens is 1. The highest BCUT2D eigenvalue weighted by molar-refractivity contribution is 7.91. The maximum atomic E-state index is 11.4. The number of hydrogen-bond acceptors (Lipinski definition) is 4. The molecule has 21 heavy (non-hydrogen) atoms. The van der Waals surface area contributed by atoms with Gasteiger partial charge in [-0.3, -0.25) is 0 Å². The first-order valence-corrected chi connectivity index (χ1v) is 9.45. The third kappa shape index (κ3) is 6.68. The number of hydrogen-bond donors (Lipinski definition) is 1. The van der Waals surface area contributed by atoms with E-state index < -0.39 is 9.84 Å². The molecular formula is C15H24ClNO3S. The van der Waals surface area contributed by atoms with E-state index >= 15 is 0 Å². The average molecular weight is 334 g/mol. The molecule has 1 atom stereocenters. The number of rotatable bonds is 9. The van der Waals surface area contributed by atoms with Crippen LogP contribution in [0.15, 0.2) is 18.2 Å². The van der Waals surface area contributed by atoms with Gasteiger partial charge in [-0.15, -0.1) is 0 Å². The highest BCUT2D eigenvalue weighted by Gasteiger charge is 2.10. The molecule has 0 aromatic heterocycles. The van der Waals surface area contributed by atoms with E-state index in [9.17, 15) is 8.42 Å². The molecule has 1 aromatic carbocycles. The normalized spacial score (nSPS) is 13.1. The molecular weight excluding hydrogens is 310 g/mol. The van der Waals surface area contributed by atoms with Crippen molar-refractivity contribution in [1.82, 2.24) is 0 Å². The third-order valence-electron chi connectivity index (χ3n) is 3.33. The highest BCUT2D eigenvalue weighted by atomic mass is 35.5. The Morgan fingerprint density at radius 1 is 1.33 bits per heavy atom. The number of sulfone groups is 1. The first-order chi connectivity index (χ1) is 9.88. The summed E-state index contributed by atoms with van der Waals surface area (Å²) in [6.07, 6.45) is 2.05. The minimum Gasteiger partial charge on any atom is -0.493 e. The van der Waals surface area contributed by atoms with E-state index in [1.165, 1.54) is 0 Å². The van der Waals surface area contributed by atoms with Crippen molar-refractivity contribution in [3.63, 3.8) is 0 Å². The van der Waals surface area contributed by atoms with Crippen molar-refractivity contribution in [3.05, 3.63) is 28.8 Å². The Kier molecular flexibility index (Phi) is 7.49. The van der Waals surface area contributed by atoms with Gasteiger partial charge < -0.3 is 10.5 Å². The summed E-state index contributed by atoms with van der Waals surface area (Å²) in [4.78, 5) is 0. The van der Waals surface area contributed by atoms with Gasteiger partial charge in [0, 0.05) is 16.8 Å². The SMILES string of the molecule is CCC(N)Cc1cc(Cl)ccc1OCCCS(=O)(=O)CC. The molecule has 4 nitrogen and oxygen atoms in total. The summed E-state index contributed by atoms with van der Waals surface area (Å²) in [6.45, 7) is 4.06. The predicted octanol–water partition coefficient (Wildman–Crippen LogP) is 2.82. The van der Waals surface area contributed by atoms with Crippen LogP contribution < -0.4 is 10.5 Å². The van der Waals surface area contributed by atoms with Crippen LogP contribution >= 0.6 is 11.6 Å². The van der Waals surface area contributed by atoms with E-state index in [4.69, 9.17) is 22.1 Å². The molecule has 0 spiro atoms. The van der Waals surface area contributed by atoms with Crippen molar-refractivity contribution in [2.45, 2.75) is 39.2 Å². The molecule has 0 radical (unpaired) electrons. The fraction of sp³-hybridized carbons (Fsp3) is 0.600. The lowest BCUT2D eigenvalue weighted by atomic mass is 10.0. The van der Waals surface area contributed by atoms with Crippen LogP contribution in [0.4, 0.5) is 0 Å². The van der Waals surface area contributed by atoms with Crippen LogP contribution in [-0.4, -0.2) is 32.6 Å². The second-order valence-electron chi connectivity index (χ2n) is 5.06. The largest absolute Gasteiger partial charge is 0.493 e. The molecule has 0 bridgehead atoms. The minimum atomic E-state index is -2.93. The molecule has 0 heterocycles. The van der Waals surface area contributed by atoms with Crippen LogP contribution in [0.25, 0.3) is 0 Å². The Bertz CT molecular complexity index is 546. The molecule has 0 aliphatic carbocycles.